The number of nitriles is 1. The molecule has 0 unspecified atom stereocenters. The zero-order valence-corrected chi connectivity index (χ0v) is 9.55. The Labute approximate surface area is 99.3 Å². The Kier molecular flexibility index (Phi) is 2.96. The van der Waals surface area contributed by atoms with E-state index in [1.165, 1.54) is 0 Å². The molecule has 2 rings (SSSR count). The fourth-order valence-corrected chi connectivity index (χ4v) is 1.81. The number of anilines is 1. The van der Waals surface area contributed by atoms with Crippen LogP contribution in [0, 0.1) is 18.3 Å². The molecule has 0 radical (unpaired) electrons. The molecule has 0 aromatic carbocycles. The zero-order valence-electron chi connectivity index (χ0n) is 9.55. The third-order valence-electron chi connectivity index (χ3n) is 2.82. The van der Waals surface area contributed by atoms with Gasteiger partial charge in [0.05, 0.1) is 5.56 Å². The minimum atomic E-state index is -0.899. The van der Waals surface area contributed by atoms with Gasteiger partial charge in [-0.15, -0.1) is 0 Å². The number of rotatable bonds is 4. The molecule has 1 saturated carbocycles. The summed E-state index contributed by atoms with van der Waals surface area (Å²) >= 11 is 0. The molecule has 1 aliphatic carbocycles. The van der Waals surface area contributed by atoms with Crippen molar-refractivity contribution < 1.29 is 9.90 Å². The molecule has 1 aliphatic rings. The Bertz CT molecular complexity index is 489. The van der Waals surface area contributed by atoms with Crippen LogP contribution in [0.5, 0.6) is 0 Å². The molecule has 5 nitrogen and oxygen atoms in total. The number of nitrogens with zero attached hydrogens (tertiary/aromatic N) is 3. The van der Waals surface area contributed by atoms with Crippen LogP contribution in [-0.4, -0.2) is 28.6 Å². The van der Waals surface area contributed by atoms with E-state index < -0.39 is 5.97 Å². The lowest BCUT2D eigenvalue weighted by Gasteiger charge is -2.22. The number of aromatic nitrogens is 1. The van der Waals surface area contributed by atoms with Gasteiger partial charge in [0.25, 0.3) is 0 Å². The van der Waals surface area contributed by atoms with Crippen LogP contribution < -0.4 is 4.90 Å². The lowest BCUT2D eigenvalue weighted by molar-refractivity contribution is -0.135. The number of aliphatic carboxylic acids is 1. The van der Waals surface area contributed by atoms with E-state index in [2.05, 4.69) is 11.1 Å². The van der Waals surface area contributed by atoms with Crippen LogP contribution in [0.4, 0.5) is 5.82 Å². The monoisotopic (exact) mass is 231 g/mol. The lowest BCUT2D eigenvalue weighted by atomic mass is 10.1. The van der Waals surface area contributed by atoms with Gasteiger partial charge in [0.15, 0.2) is 0 Å². The van der Waals surface area contributed by atoms with Gasteiger partial charge in [-0.2, -0.15) is 5.26 Å². The summed E-state index contributed by atoms with van der Waals surface area (Å²) in [4.78, 5) is 16.7. The highest BCUT2D eigenvalue weighted by Gasteiger charge is 2.32. The summed E-state index contributed by atoms with van der Waals surface area (Å²) in [6, 6.07) is 4.08. The smallest absolute Gasteiger partial charge is 0.323 e. The van der Waals surface area contributed by atoms with E-state index in [1.807, 2.05) is 6.92 Å². The van der Waals surface area contributed by atoms with Gasteiger partial charge in [0.1, 0.15) is 18.4 Å². The first-order chi connectivity index (χ1) is 8.13. The number of carboxylic acid groups (broad SMARTS) is 1. The Morgan fingerprint density at radius 1 is 1.71 bits per heavy atom. The predicted molar refractivity (Wildman–Crippen MR) is 61.7 cm³/mol. The average Bonchev–Trinajstić information content (AvgIpc) is 3.09. The quantitative estimate of drug-likeness (QED) is 0.845. The lowest BCUT2D eigenvalue weighted by Crippen LogP contribution is -2.33. The number of hydrogen-bond acceptors (Lipinski definition) is 4. The molecule has 5 heteroatoms. The van der Waals surface area contributed by atoms with E-state index in [9.17, 15) is 4.79 Å². The molecule has 0 saturated heterocycles. The Hall–Kier alpha value is -2.09. The van der Waals surface area contributed by atoms with Gasteiger partial charge in [-0.3, -0.25) is 4.79 Å². The molecule has 1 aromatic heterocycles. The molecule has 0 spiro atoms. The van der Waals surface area contributed by atoms with Crippen molar-refractivity contribution in [3.8, 4) is 6.07 Å². The molecule has 1 heterocycles. The average molecular weight is 231 g/mol. The number of carboxylic acids is 1. The number of hydrogen-bond donors (Lipinski definition) is 1. The number of aryl methyl sites for hydroxylation is 1. The van der Waals surface area contributed by atoms with Gasteiger partial charge in [-0.05, 0) is 31.4 Å². The molecule has 1 fully saturated rings. The Morgan fingerprint density at radius 2 is 2.41 bits per heavy atom. The van der Waals surface area contributed by atoms with Gasteiger partial charge in [0, 0.05) is 12.2 Å². The maximum absolute atomic E-state index is 10.8. The first-order valence-corrected chi connectivity index (χ1v) is 5.47. The van der Waals surface area contributed by atoms with E-state index in [0.29, 0.717) is 11.4 Å². The second-order valence-corrected chi connectivity index (χ2v) is 4.19. The second kappa shape index (κ2) is 4.42. The summed E-state index contributed by atoms with van der Waals surface area (Å²) in [7, 11) is 0. The zero-order chi connectivity index (χ0) is 12.4. The van der Waals surface area contributed by atoms with Gasteiger partial charge in [-0.1, -0.05) is 0 Å². The van der Waals surface area contributed by atoms with E-state index in [-0.39, 0.29) is 12.6 Å². The molecule has 17 heavy (non-hydrogen) atoms. The van der Waals surface area contributed by atoms with Crippen molar-refractivity contribution in [2.45, 2.75) is 25.8 Å². The van der Waals surface area contributed by atoms with Crippen molar-refractivity contribution in [1.82, 2.24) is 4.98 Å². The van der Waals surface area contributed by atoms with Gasteiger partial charge in [0.2, 0.25) is 0 Å². The van der Waals surface area contributed by atoms with Crippen LogP contribution in [0.15, 0.2) is 12.3 Å². The molecular formula is C12H13N3O2. The minimum absolute atomic E-state index is 0.101. The van der Waals surface area contributed by atoms with Crippen molar-refractivity contribution in [1.29, 1.82) is 5.26 Å². The summed E-state index contributed by atoms with van der Waals surface area (Å²) in [6.45, 7) is 1.73. The van der Waals surface area contributed by atoms with Crippen molar-refractivity contribution in [2.24, 2.45) is 0 Å². The molecule has 0 atom stereocenters. The second-order valence-electron chi connectivity index (χ2n) is 4.19. The minimum Gasteiger partial charge on any atom is -0.480 e. The number of carbonyl (C=O) groups is 1. The molecule has 88 valence electrons. The van der Waals surface area contributed by atoms with Crippen LogP contribution in [0.1, 0.15) is 24.0 Å². The highest BCUT2D eigenvalue weighted by atomic mass is 16.4. The Morgan fingerprint density at radius 3 is 2.94 bits per heavy atom. The van der Waals surface area contributed by atoms with Crippen LogP contribution in [0.25, 0.3) is 0 Å². The third kappa shape index (κ3) is 2.36. The predicted octanol–water partition coefficient (Wildman–Crippen LogP) is 1.32. The van der Waals surface area contributed by atoms with Crippen LogP contribution in [0.2, 0.25) is 0 Å². The molecule has 0 aliphatic heterocycles. The largest absolute Gasteiger partial charge is 0.480 e. The van der Waals surface area contributed by atoms with E-state index in [4.69, 9.17) is 10.4 Å². The number of pyridine rings is 1. The normalized spacial score (nSPS) is 14.1. The fourth-order valence-electron chi connectivity index (χ4n) is 1.81. The highest BCUT2D eigenvalue weighted by Crippen LogP contribution is 2.32. The topological polar surface area (TPSA) is 77.2 Å². The maximum Gasteiger partial charge on any atom is 0.323 e. The molecule has 0 bridgehead atoms. The summed E-state index contributed by atoms with van der Waals surface area (Å²) in [5.41, 5.74) is 1.30. The summed E-state index contributed by atoms with van der Waals surface area (Å²) < 4.78 is 0. The van der Waals surface area contributed by atoms with Crippen LogP contribution in [0.3, 0.4) is 0 Å². The van der Waals surface area contributed by atoms with Crippen LogP contribution in [-0.2, 0) is 4.79 Å². The van der Waals surface area contributed by atoms with Gasteiger partial charge >= 0.3 is 5.97 Å². The standard InChI is InChI=1S/C12H13N3O2/c1-8-4-5-14-12(10(8)6-13)15(7-11(16)17)9-2-3-9/h4-5,9H,2-3,7H2,1H3,(H,16,17). The maximum atomic E-state index is 10.8. The summed E-state index contributed by atoms with van der Waals surface area (Å²) in [5, 5.41) is 18.0. The van der Waals surface area contributed by atoms with Gasteiger partial charge < -0.3 is 10.0 Å². The molecule has 1 aromatic rings. The Balaban J connectivity index is 2.39. The van der Waals surface area contributed by atoms with Crippen molar-refractivity contribution in [2.75, 3.05) is 11.4 Å². The molecular weight excluding hydrogens is 218 g/mol. The first-order valence-electron chi connectivity index (χ1n) is 5.47. The first kappa shape index (κ1) is 11.4. The third-order valence-corrected chi connectivity index (χ3v) is 2.82. The highest BCUT2D eigenvalue weighted by molar-refractivity contribution is 5.75. The van der Waals surface area contributed by atoms with Crippen molar-refractivity contribution in [3.63, 3.8) is 0 Å². The van der Waals surface area contributed by atoms with E-state index in [1.54, 1.807) is 17.2 Å². The van der Waals surface area contributed by atoms with Crippen molar-refractivity contribution in [3.05, 3.63) is 23.4 Å². The summed E-state index contributed by atoms with van der Waals surface area (Å²) in [6.07, 6.45) is 3.55. The van der Waals surface area contributed by atoms with Gasteiger partial charge in [-0.25, -0.2) is 4.98 Å². The van der Waals surface area contributed by atoms with E-state index >= 15 is 0 Å². The van der Waals surface area contributed by atoms with Crippen LogP contribution >= 0.6 is 0 Å². The van der Waals surface area contributed by atoms with E-state index in [0.717, 1.165) is 18.4 Å². The summed E-state index contributed by atoms with van der Waals surface area (Å²) in [5.74, 6) is -0.401. The van der Waals surface area contributed by atoms with Crippen molar-refractivity contribution >= 4 is 11.8 Å². The SMILES string of the molecule is Cc1ccnc(N(CC(=O)O)C2CC2)c1C#N. The molecule has 1 N–H and O–H groups in total. The fraction of sp³-hybridized carbons (Fsp3) is 0.417. The molecule has 0 amide bonds.